The van der Waals surface area contributed by atoms with E-state index in [9.17, 15) is 0 Å². The van der Waals surface area contributed by atoms with Gasteiger partial charge in [-0.05, 0) is 62.6 Å². The zero-order valence-electron chi connectivity index (χ0n) is 13.1. The molecule has 0 radical (unpaired) electrons. The SMILES string of the molecule is CCNC(C)c1ccc(Br)cc1OCC1CC2CCC1C2. The largest absolute Gasteiger partial charge is 0.493 e. The maximum atomic E-state index is 6.25. The molecule has 0 heterocycles. The van der Waals surface area contributed by atoms with Crippen molar-refractivity contribution in [3.63, 3.8) is 0 Å². The lowest BCUT2D eigenvalue weighted by Gasteiger charge is -2.24. The van der Waals surface area contributed by atoms with Gasteiger partial charge in [0, 0.05) is 16.1 Å². The number of halogens is 1. The summed E-state index contributed by atoms with van der Waals surface area (Å²) in [5, 5.41) is 3.48. The van der Waals surface area contributed by atoms with E-state index >= 15 is 0 Å². The predicted octanol–water partition coefficient (Wildman–Crippen LogP) is 4.93. The Balaban J connectivity index is 1.67. The standard InChI is InChI=1S/C18H26BrNO/c1-3-20-12(2)17-7-6-16(19)10-18(17)21-11-15-9-13-4-5-14(15)8-13/h6-7,10,12-15,20H,3-5,8-9,11H2,1-2H3. The van der Waals surface area contributed by atoms with Crippen LogP contribution in [0.1, 0.15) is 51.1 Å². The van der Waals surface area contributed by atoms with Crippen molar-refractivity contribution in [1.82, 2.24) is 5.32 Å². The molecule has 2 saturated carbocycles. The molecular formula is C18H26BrNO. The minimum Gasteiger partial charge on any atom is -0.493 e. The molecular weight excluding hydrogens is 326 g/mol. The van der Waals surface area contributed by atoms with Crippen LogP contribution < -0.4 is 10.1 Å². The second-order valence-corrected chi connectivity index (χ2v) is 7.62. The third-order valence-electron chi connectivity index (χ3n) is 5.29. The van der Waals surface area contributed by atoms with Crippen LogP contribution >= 0.6 is 15.9 Å². The number of fused-ring (bicyclic) bond motifs is 2. The average molecular weight is 352 g/mol. The molecule has 0 aromatic heterocycles. The van der Waals surface area contributed by atoms with Crippen LogP contribution in [0.25, 0.3) is 0 Å². The van der Waals surface area contributed by atoms with Crippen molar-refractivity contribution >= 4 is 15.9 Å². The highest BCUT2D eigenvalue weighted by Gasteiger charge is 2.39. The minimum absolute atomic E-state index is 0.332. The molecule has 2 bridgehead atoms. The highest BCUT2D eigenvalue weighted by Crippen LogP contribution is 2.48. The number of hydrogen-bond acceptors (Lipinski definition) is 2. The second kappa shape index (κ2) is 6.70. The molecule has 2 nitrogen and oxygen atoms in total. The van der Waals surface area contributed by atoms with Gasteiger partial charge >= 0.3 is 0 Å². The van der Waals surface area contributed by atoms with Crippen molar-refractivity contribution in [3.8, 4) is 5.75 Å². The maximum absolute atomic E-state index is 6.25. The molecule has 21 heavy (non-hydrogen) atoms. The highest BCUT2D eigenvalue weighted by molar-refractivity contribution is 9.10. The normalized spacial score (nSPS) is 28.8. The summed E-state index contributed by atoms with van der Waals surface area (Å²) in [6.45, 7) is 6.22. The Labute approximate surface area is 136 Å². The third-order valence-corrected chi connectivity index (χ3v) is 5.78. The van der Waals surface area contributed by atoms with Crippen LogP contribution in [0.3, 0.4) is 0 Å². The first-order chi connectivity index (χ1) is 10.2. The van der Waals surface area contributed by atoms with Crippen LogP contribution in [0.2, 0.25) is 0 Å². The fourth-order valence-corrected chi connectivity index (χ4v) is 4.52. The van der Waals surface area contributed by atoms with Crippen LogP contribution in [-0.2, 0) is 0 Å². The van der Waals surface area contributed by atoms with E-state index in [0.29, 0.717) is 6.04 Å². The van der Waals surface area contributed by atoms with E-state index in [-0.39, 0.29) is 0 Å². The fourth-order valence-electron chi connectivity index (χ4n) is 4.18. The molecule has 1 aromatic carbocycles. The van der Waals surface area contributed by atoms with Crippen molar-refractivity contribution in [1.29, 1.82) is 0 Å². The summed E-state index contributed by atoms with van der Waals surface area (Å²) < 4.78 is 7.35. The Morgan fingerprint density at radius 2 is 2.19 bits per heavy atom. The molecule has 0 spiro atoms. The summed E-state index contributed by atoms with van der Waals surface area (Å²) in [6.07, 6.45) is 5.72. The third kappa shape index (κ3) is 3.45. The van der Waals surface area contributed by atoms with Gasteiger partial charge in [0.1, 0.15) is 5.75 Å². The van der Waals surface area contributed by atoms with Gasteiger partial charge in [0.2, 0.25) is 0 Å². The summed E-state index contributed by atoms with van der Waals surface area (Å²) in [6, 6.07) is 6.73. The molecule has 4 unspecified atom stereocenters. The van der Waals surface area contributed by atoms with E-state index in [0.717, 1.165) is 41.1 Å². The number of rotatable bonds is 6. The molecule has 2 aliphatic rings. The van der Waals surface area contributed by atoms with E-state index < -0.39 is 0 Å². The quantitative estimate of drug-likeness (QED) is 0.783. The van der Waals surface area contributed by atoms with Crippen LogP contribution in [-0.4, -0.2) is 13.2 Å². The van der Waals surface area contributed by atoms with Gasteiger partial charge in [-0.1, -0.05) is 35.3 Å². The lowest BCUT2D eigenvalue weighted by molar-refractivity contribution is 0.193. The van der Waals surface area contributed by atoms with Crippen LogP contribution in [0.5, 0.6) is 5.75 Å². The van der Waals surface area contributed by atoms with Crippen molar-refractivity contribution in [2.24, 2.45) is 17.8 Å². The molecule has 0 saturated heterocycles. The Kier molecular flexibility index (Phi) is 4.90. The van der Waals surface area contributed by atoms with Gasteiger partial charge in [-0.3, -0.25) is 0 Å². The summed E-state index contributed by atoms with van der Waals surface area (Å²) in [5.74, 6) is 3.74. The Morgan fingerprint density at radius 1 is 1.33 bits per heavy atom. The highest BCUT2D eigenvalue weighted by atomic mass is 79.9. The zero-order chi connectivity index (χ0) is 14.8. The van der Waals surface area contributed by atoms with Gasteiger partial charge in [-0.2, -0.15) is 0 Å². The second-order valence-electron chi connectivity index (χ2n) is 6.71. The van der Waals surface area contributed by atoms with Gasteiger partial charge < -0.3 is 10.1 Å². The molecule has 4 atom stereocenters. The first-order valence-corrected chi connectivity index (χ1v) is 9.12. The van der Waals surface area contributed by atoms with Gasteiger partial charge in [-0.25, -0.2) is 0 Å². The molecule has 0 aliphatic heterocycles. The average Bonchev–Trinajstić information content (AvgIpc) is 3.08. The molecule has 2 fully saturated rings. The Morgan fingerprint density at radius 3 is 2.86 bits per heavy atom. The van der Waals surface area contributed by atoms with E-state index in [1.165, 1.54) is 31.2 Å². The van der Waals surface area contributed by atoms with E-state index in [1.807, 2.05) is 0 Å². The van der Waals surface area contributed by atoms with Gasteiger partial charge in [-0.15, -0.1) is 0 Å². The molecule has 1 aromatic rings. The number of ether oxygens (including phenoxy) is 1. The maximum Gasteiger partial charge on any atom is 0.125 e. The first kappa shape index (κ1) is 15.4. The van der Waals surface area contributed by atoms with Crippen LogP contribution in [0.15, 0.2) is 22.7 Å². The van der Waals surface area contributed by atoms with Crippen molar-refractivity contribution < 1.29 is 4.74 Å². The van der Waals surface area contributed by atoms with Crippen LogP contribution in [0, 0.1) is 17.8 Å². The smallest absolute Gasteiger partial charge is 0.125 e. The fraction of sp³-hybridized carbons (Fsp3) is 0.667. The topological polar surface area (TPSA) is 21.3 Å². The van der Waals surface area contributed by atoms with Gasteiger partial charge in [0.15, 0.2) is 0 Å². The Bertz CT molecular complexity index is 490. The molecule has 3 rings (SSSR count). The van der Waals surface area contributed by atoms with Gasteiger partial charge in [0.05, 0.1) is 6.61 Å². The van der Waals surface area contributed by atoms with Crippen molar-refractivity contribution in [2.75, 3.05) is 13.2 Å². The molecule has 3 heteroatoms. The summed E-state index contributed by atoms with van der Waals surface area (Å²) in [5.41, 5.74) is 1.27. The molecule has 1 N–H and O–H groups in total. The van der Waals surface area contributed by atoms with E-state index in [4.69, 9.17) is 4.74 Å². The Hall–Kier alpha value is -0.540. The monoisotopic (exact) mass is 351 g/mol. The number of nitrogens with one attached hydrogen (secondary N) is 1. The van der Waals surface area contributed by atoms with Gasteiger partial charge in [0.25, 0.3) is 0 Å². The van der Waals surface area contributed by atoms with Crippen molar-refractivity contribution in [2.45, 2.75) is 45.6 Å². The first-order valence-electron chi connectivity index (χ1n) is 8.33. The van der Waals surface area contributed by atoms with E-state index in [2.05, 4.69) is 53.3 Å². The van der Waals surface area contributed by atoms with Crippen molar-refractivity contribution in [3.05, 3.63) is 28.2 Å². The zero-order valence-corrected chi connectivity index (χ0v) is 14.7. The molecule has 2 aliphatic carbocycles. The predicted molar refractivity (Wildman–Crippen MR) is 90.7 cm³/mol. The lowest BCUT2D eigenvalue weighted by Crippen LogP contribution is -2.21. The minimum atomic E-state index is 0.332. The summed E-state index contributed by atoms with van der Waals surface area (Å²) in [7, 11) is 0. The number of hydrogen-bond donors (Lipinski definition) is 1. The number of benzene rings is 1. The van der Waals surface area contributed by atoms with Crippen LogP contribution in [0.4, 0.5) is 0 Å². The summed E-state index contributed by atoms with van der Waals surface area (Å²) in [4.78, 5) is 0. The van der Waals surface area contributed by atoms with E-state index in [1.54, 1.807) is 0 Å². The molecule has 0 amide bonds. The molecule has 116 valence electrons. The lowest BCUT2D eigenvalue weighted by atomic mass is 9.89. The summed E-state index contributed by atoms with van der Waals surface area (Å²) >= 11 is 3.57.